The summed E-state index contributed by atoms with van der Waals surface area (Å²) in [4.78, 5) is 12.9. The first-order chi connectivity index (χ1) is 12.7. The molecule has 0 spiro atoms. The SMILES string of the molecule is CCCCCOC1=CC(C(=O)C2CCCC2)C(N)=NN1c1ccccc1. The van der Waals surface area contributed by atoms with Crippen molar-refractivity contribution in [1.29, 1.82) is 0 Å². The van der Waals surface area contributed by atoms with Crippen LogP contribution in [-0.2, 0) is 9.53 Å². The van der Waals surface area contributed by atoms with Gasteiger partial charge in [-0.3, -0.25) is 4.79 Å². The number of rotatable bonds is 8. The molecule has 0 aromatic heterocycles. The molecule has 5 heteroatoms. The van der Waals surface area contributed by atoms with Gasteiger partial charge in [0.05, 0.1) is 12.3 Å². The van der Waals surface area contributed by atoms with Crippen molar-refractivity contribution < 1.29 is 9.53 Å². The number of nitrogens with zero attached hydrogens (tertiary/aromatic N) is 2. The van der Waals surface area contributed by atoms with Crippen LogP contribution in [0.4, 0.5) is 5.69 Å². The third-order valence-electron chi connectivity index (χ3n) is 5.11. The highest BCUT2D eigenvalue weighted by atomic mass is 16.5. The van der Waals surface area contributed by atoms with Crippen LogP contribution in [0.2, 0.25) is 0 Å². The molecule has 1 aliphatic carbocycles. The Bertz CT molecular complexity index is 663. The number of ketones is 1. The molecule has 1 aliphatic heterocycles. The van der Waals surface area contributed by atoms with E-state index in [1.54, 1.807) is 5.01 Å². The van der Waals surface area contributed by atoms with Crippen LogP contribution in [0.15, 0.2) is 47.4 Å². The van der Waals surface area contributed by atoms with Gasteiger partial charge in [-0.1, -0.05) is 50.8 Å². The van der Waals surface area contributed by atoms with Crippen molar-refractivity contribution in [3.63, 3.8) is 0 Å². The van der Waals surface area contributed by atoms with E-state index >= 15 is 0 Å². The monoisotopic (exact) mass is 355 g/mol. The van der Waals surface area contributed by atoms with E-state index in [0.717, 1.165) is 50.6 Å². The van der Waals surface area contributed by atoms with Crippen molar-refractivity contribution in [2.75, 3.05) is 11.6 Å². The summed E-state index contributed by atoms with van der Waals surface area (Å²) in [5.74, 6) is 0.782. The largest absolute Gasteiger partial charge is 0.478 e. The molecule has 2 N–H and O–H groups in total. The lowest BCUT2D eigenvalue weighted by molar-refractivity contribution is -0.123. The average Bonchev–Trinajstić information content (AvgIpc) is 3.21. The number of carbonyl (C=O) groups is 1. The molecule has 1 heterocycles. The lowest BCUT2D eigenvalue weighted by atomic mass is 9.90. The fraction of sp³-hybridized carbons (Fsp3) is 0.524. The molecule has 26 heavy (non-hydrogen) atoms. The molecule has 1 saturated carbocycles. The fourth-order valence-corrected chi connectivity index (χ4v) is 3.61. The van der Waals surface area contributed by atoms with Crippen LogP contribution in [0.3, 0.4) is 0 Å². The molecule has 1 aromatic rings. The van der Waals surface area contributed by atoms with E-state index in [4.69, 9.17) is 10.5 Å². The molecule has 1 aromatic carbocycles. The number of hydrazone groups is 1. The van der Waals surface area contributed by atoms with Gasteiger partial charge in [-0.15, -0.1) is 0 Å². The highest BCUT2D eigenvalue weighted by molar-refractivity contribution is 6.07. The summed E-state index contributed by atoms with van der Waals surface area (Å²) in [6.07, 6.45) is 9.28. The molecule has 0 amide bonds. The molecule has 1 fully saturated rings. The number of benzene rings is 1. The molecule has 0 bridgehead atoms. The Morgan fingerprint density at radius 2 is 1.96 bits per heavy atom. The van der Waals surface area contributed by atoms with Gasteiger partial charge in [0.25, 0.3) is 0 Å². The Hall–Kier alpha value is -2.30. The second-order valence-electron chi connectivity index (χ2n) is 7.09. The predicted molar refractivity (Wildman–Crippen MR) is 105 cm³/mol. The number of ether oxygens (including phenoxy) is 1. The van der Waals surface area contributed by atoms with Crippen molar-refractivity contribution >= 4 is 17.3 Å². The third-order valence-corrected chi connectivity index (χ3v) is 5.11. The Balaban J connectivity index is 1.81. The van der Waals surface area contributed by atoms with Gasteiger partial charge in [0, 0.05) is 5.92 Å². The fourth-order valence-electron chi connectivity index (χ4n) is 3.61. The number of para-hydroxylation sites is 1. The Morgan fingerprint density at radius 3 is 2.65 bits per heavy atom. The summed E-state index contributed by atoms with van der Waals surface area (Å²) in [6.45, 7) is 2.78. The molecule has 140 valence electrons. The average molecular weight is 355 g/mol. The molecule has 5 nitrogen and oxygen atoms in total. The van der Waals surface area contributed by atoms with Gasteiger partial charge in [-0.05, 0) is 37.5 Å². The first-order valence-corrected chi connectivity index (χ1v) is 9.78. The van der Waals surface area contributed by atoms with Crippen molar-refractivity contribution in [3.05, 3.63) is 42.3 Å². The minimum absolute atomic E-state index is 0.106. The summed E-state index contributed by atoms with van der Waals surface area (Å²) in [6, 6.07) is 9.77. The van der Waals surface area contributed by atoms with Crippen molar-refractivity contribution in [2.24, 2.45) is 22.7 Å². The molecule has 2 aliphatic rings. The van der Waals surface area contributed by atoms with E-state index in [9.17, 15) is 4.79 Å². The van der Waals surface area contributed by atoms with Crippen LogP contribution in [-0.4, -0.2) is 18.2 Å². The van der Waals surface area contributed by atoms with E-state index in [1.165, 1.54) is 0 Å². The van der Waals surface area contributed by atoms with E-state index in [2.05, 4.69) is 12.0 Å². The van der Waals surface area contributed by atoms with E-state index in [1.807, 2.05) is 36.4 Å². The summed E-state index contributed by atoms with van der Waals surface area (Å²) in [5.41, 5.74) is 7.08. The summed E-state index contributed by atoms with van der Waals surface area (Å²) >= 11 is 0. The maximum atomic E-state index is 12.9. The second kappa shape index (κ2) is 8.88. The van der Waals surface area contributed by atoms with E-state index < -0.39 is 5.92 Å². The lowest BCUT2D eigenvalue weighted by Gasteiger charge is -2.29. The van der Waals surface area contributed by atoms with E-state index in [-0.39, 0.29) is 11.7 Å². The van der Waals surface area contributed by atoms with Crippen molar-refractivity contribution in [1.82, 2.24) is 0 Å². The molecule has 3 rings (SSSR count). The quantitative estimate of drug-likeness (QED) is 0.710. The molecular weight excluding hydrogens is 326 g/mol. The summed E-state index contributed by atoms with van der Waals surface area (Å²) in [5, 5.41) is 6.23. The van der Waals surface area contributed by atoms with Gasteiger partial charge in [-0.25, -0.2) is 0 Å². The normalized spacial score (nSPS) is 20.7. The highest BCUT2D eigenvalue weighted by Gasteiger charge is 2.34. The smallest absolute Gasteiger partial charge is 0.212 e. The van der Waals surface area contributed by atoms with E-state index in [0.29, 0.717) is 18.3 Å². The number of Topliss-reactive ketones (excluding diaryl/α,β-unsaturated/α-hetero) is 1. The number of unbranched alkanes of at least 4 members (excludes halogenated alkanes) is 2. The minimum atomic E-state index is -0.473. The zero-order chi connectivity index (χ0) is 18.4. The topological polar surface area (TPSA) is 67.9 Å². The van der Waals surface area contributed by atoms with Gasteiger partial charge in [0.15, 0.2) is 5.78 Å². The van der Waals surface area contributed by atoms with Gasteiger partial charge in [0.2, 0.25) is 5.88 Å². The lowest BCUT2D eigenvalue weighted by Crippen LogP contribution is -2.39. The Labute approximate surface area is 155 Å². The Kier molecular flexibility index (Phi) is 6.31. The molecule has 0 radical (unpaired) electrons. The molecule has 0 saturated heterocycles. The maximum Gasteiger partial charge on any atom is 0.212 e. The van der Waals surface area contributed by atoms with Crippen molar-refractivity contribution in [2.45, 2.75) is 51.9 Å². The summed E-state index contributed by atoms with van der Waals surface area (Å²) < 4.78 is 6.02. The number of anilines is 1. The third kappa shape index (κ3) is 4.26. The Morgan fingerprint density at radius 1 is 1.23 bits per heavy atom. The van der Waals surface area contributed by atoms with Gasteiger partial charge < -0.3 is 10.5 Å². The summed E-state index contributed by atoms with van der Waals surface area (Å²) in [7, 11) is 0. The van der Waals surface area contributed by atoms with Crippen LogP contribution in [0.25, 0.3) is 0 Å². The molecule has 1 unspecified atom stereocenters. The van der Waals surface area contributed by atoms with Crippen LogP contribution >= 0.6 is 0 Å². The number of hydrogen-bond donors (Lipinski definition) is 1. The number of carbonyl (C=O) groups excluding carboxylic acids is 1. The van der Waals surface area contributed by atoms with Crippen LogP contribution in [0.1, 0.15) is 51.9 Å². The number of amidine groups is 1. The van der Waals surface area contributed by atoms with Gasteiger partial charge in [0.1, 0.15) is 11.8 Å². The van der Waals surface area contributed by atoms with Crippen molar-refractivity contribution in [3.8, 4) is 0 Å². The second-order valence-corrected chi connectivity index (χ2v) is 7.09. The molecular formula is C21H29N3O2. The van der Waals surface area contributed by atoms with Crippen LogP contribution in [0.5, 0.6) is 0 Å². The van der Waals surface area contributed by atoms with Crippen LogP contribution in [0, 0.1) is 11.8 Å². The number of hydrogen-bond acceptors (Lipinski definition) is 5. The predicted octanol–water partition coefficient (Wildman–Crippen LogP) is 4.20. The first kappa shape index (κ1) is 18.5. The highest BCUT2D eigenvalue weighted by Crippen LogP contribution is 2.31. The zero-order valence-corrected chi connectivity index (χ0v) is 15.6. The molecule has 1 atom stereocenters. The van der Waals surface area contributed by atoms with Gasteiger partial charge >= 0.3 is 0 Å². The maximum absolute atomic E-state index is 12.9. The van der Waals surface area contributed by atoms with Gasteiger partial charge in [-0.2, -0.15) is 10.1 Å². The minimum Gasteiger partial charge on any atom is -0.478 e. The number of nitrogens with two attached hydrogens (primary N) is 1. The first-order valence-electron chi connectivity index (χ1n) is 9.78. The zero-order valence-electron chi connectivity index (χ0n) is 15.6. The standard InChI is InChI=1S/C21H29N3O2/c1-2-3-9-14-26-19-15-18(20(25)16-10-7-8-11-16)21(22)23-24(19)17-12-5-4-6-13-17/h4-6,12-13,15-16,18H,2-3,7-11,14H2,1H3,(H2,22,23). The van der Waals surface area contributed by atoms with Crippen LogP contribution < -0.4 is 10.7 Å².